The first-order valence-electron chi connectivity index (χ1n) is 10.7. The van der Waals surface area contributed by atoms with Gasteiger partial charge < -0.3 is 10.6 Å². The van der Waals surface area contributed by atoms with E-state index in [0.717, 1.165) is 37.7 Å². The van der Waals surface area contributed by atoms with Gasteiger partial charge in [0.25, 0.3) is 5.56 Å². The molecule has 0 aliphatic carbocycles. The van der Waals surface area contributed by atoms with Gasteiger partial charge in [0.05, 0.1) is 16.5 Å². The van der Waals surface area contributed by atoms with E-state index in [-0.39, 0.29) is 17.1 Å². The molecule has 0 amide bonds. The molecule has 1 aromatic carbocycles. The second-order valence-electron chi connectivity index (χ2n) is 7.65. The molecule has 0 saturated carbocycles. The normalized spacial score (nSPS) is 13.6. The molecule has 3 aromatic rings. The molecule has 174 valence electrons. The molecule has 0 bridgehead atoms. The maximum Gasteiger partial charge on any atom is 0.329 e. The summed E-state index contributed by atoms with van der Waals surface area (Å²) in [6.45, 7) is 3.89. The van der Waals surface area contributed by atoms with E-state index in [1.165, 1.54) is 4.57 Å². The molecular formula is C21H24ClN7O3S. The van der Waals surface area contributed by atoms with Crippen LogP contribution in [0.3, 0.4) is 0 Å². The van der Waals surface area contributed by atoms with Crippen LogP contribution < -0.4 is 21.9 Å². The second-order valence-corrected chi connectivity index (χ2v) is 9.00. The van der Waals surface area contributed by atoms with Gasteiger partial charge in [-0.2, -0.15) is 0 Å². The number of ketones is 1. The number of carbonyl (C=O) groups is 1. The first kappa shape index (κ1) is 23.1. The molecule has 12 heteroatoms. The maximum atomic E-state index is 13.0. The molecule has 33 heavy (non-hydrogen) atoms. The van der Waals surface area contributed by atoms with Gasteiger partial charge in [-0.3, -0.25) is 23.7 Å². The Bertz CT molecular complexity index is 1290. The van der Waals surface area contributed by atoms with Gasteiger partial charge in [0, 0.05) is 19.6 Å². The number of para-hydroxylation sites is 1. The highest BCUT2D eigenvalue weighted by Crippen LogP contribution is 2.32. The standard InChI is InChI=1S/C21H24ClN7O3S/c1-2-9-28-17(23)16(18(31)24-20(28)32)15(30)12-33-21-26-25-19(27-10-5-6-11-27)29(21)14-8-4-3-7-13(14)22/h3-4,7-8H,2,5-6,9-12,23H2,1H3,(H,24,31,32). The van der Waals surface area contributed by atoms with Gasteiger partial charge in [-0.15, -0.1) is 10.2 Å². The van der Waals surface area contributed by atoms with Crippen molar-refractivity contribution in [2.24, 2.45) is 0 Å². The van der Waals surface area contributed by atoms with Crippen LogP contribution in [0.25, 0.3) is 5.69 Å². The van der Waals surface area contributed by atoms with E-state index in [9.17, 15) is 14.4 Å². The lowest BCUT2D eigenvalue weighted by atomic mass is 10.2. The lowest BCUT2D eigenvalue weighted by molar-refractivity contribution is 0.102. The highest BCUT2D eigenvalue weighted by molar-refractivity contribution is 7.99. The Morgan fingerprint density at radius 3 is 2.64 bits per heavy atom. The lowest BCUT2D eigenvalue weighted by Crippen LogP contribution is -2.36. The average Bonchev–Trinajstić information content (AvgIpc) is 3.45. The summed E-state index contributed by atoms with van der Waals surface area (Å²) in [6, 6.07) is 7.34. The number of benzene rings is 1. The van der Waals surface area contributed by atoms with E-state index >= 15 is 0 Å². The van der Waals surface area contributed by atoms with E-state index in [0.29, 0.717) is 34.8 Å². The van der Waals surface area contributed by atoms with Crippen molar-refractivity contribution in [3.8, 4) is 5.69 Å². The fraction of sp³-hybridized carbons (Fsp3) is 0.381. The number of Topliss-reactive ketones (excluding diaryl/α,β-unsaturated/α-hetero) is 1. The first-order chi connectivity index (χ1) is 15.9. The minimum Gasteiger partial charge on any atom is -0.384 e. The summed E-state index contributed by atoms with van der Waals surface area (Å²) in [6.07, 6.45) is 2.75. The van der Waals surface area contributed by atoms with E-state index in [2.05, 4.69) is 20.1 Å². The highest BCUT2D eigenvalue weighted by atomic mass is 35.5. The smallest absolute Gasteiger partial charge is 0.329 e. The SMILES string of the molecule is CCCn1c(N)c(C(=O)CSc2nnc(N3CCCC3)n2-c2ccccc2Cl)c(=O)[nH]c1=O. The number of halogens is 1. The summed E-state index contributed by atoms with van der Waals surface area (Å²) in [5.41, 5.74) is 5.09. The number of rotatable bonds is 8. The second kappa shape index (κ2) is 9.84. The monoisotopic (exact) mass is 489 g/mol. The zero-order valence-corrected chi connectivity index (χ0v) is 19.7. The van der Waals surface area contributed by atoms with Gasteiger partial charge in [0.1, 0.15) is 11.4 Å². The van der Waals surface area contributed by atoms with Crippen LogP contribution in [0.5, 0.6) is 0 Å². The lowest BCUT2D eigenvalue weighted by Gasteiger charge is -2.19. The quantitative estimate of drug-likeness (QED) is 0.364. The van der Waals surface area contributed by atoms with Crippen molar-refractivity contribution < 1.29 is 4.79 Å². The van der Waals surface area contributed by atoms with Crippen molar-refractivity contribution in [2.75, 3.05) is 29.5 Å². The molecule has 0 radical (unpaired) electrons. The molecule has 1 fully saturated rings. The van der Waals surface area contributed by atoms with Crippen LogP contribution in [-0.4, -0.2) is 48.9 Å². The van der Waals surface area contributed by atoms with Gasteiger partial charge in [-0.05, 0) is 31.4 Å². The Balaban J connectivity index is 1.67. The zero-order chi connectivity index (χ0) is 23.5. The predicted octanol–water partition coefficient (Wildman–Crippen LogP) is 2.34. The number of hydrogen-bond donors (Lipinski definition) is 2. The predicted molar refractivity (Wildman–Crippen MR) is 129 cm³/mol. The zero-order valence-electron chi connectivity index (χ0n) is 18.1. The number of aromatic nitrogens is 5. The molecule has 2 aromatic heterocycles. The highest BCUT2D eigenvalue weighted by Gasteiger charge is 2.25. The van der Waals surface area contributed by atoms with E-state index in [1.54, 1.807) is 6.07 Å². The Kier molecular flexibility index (Phi) is 6.89. The summed E-state index contributed by atoms with van der Waals surface area (Å²) in [5, 5.41) is 9.66. The van der Waals surface area contributed by atoms with Crippen LogP contribution in [-0.2, 0) is 6.54 Å². The van der Waals surface area contributed by atoms with E-state index in [1.807, 2.05) is 29.7 Å². The molecule has 4 rings (SSSR count). The fourth-order valence-electron chi connectivity index (χ4n) is 3.83. The van der Waals surface area contributed by atoms with Gasteiger partial charge in [0.15, 0.2) is 10.9 Å². The van der Waals surface area contributed by atoms with Crippen LogP contribution in [0.2, 0.25) is 5.02 Å². The Morgan fingerprint density at radius 2 is 1.94 bits per heavy atom. The number of thioether (sulfide) groups is 1. The summed E-state index contributed by atoms with van der Waals surface area (Å²) in [7, 11) is 0. The minimum absolute atomic E-state index is 0.111. The number of nitrogen functional groups attached to an aromatic ring is 1. The molecule has 0 atom stereocenters. The van der Waals surface area contributed by atoms with Crippen LogP contribution in [0, 0.1) is 0 Å². The van der Waals surface area contributed by atoms with Gasteiger partial charge in [0.2, 0.25) is 5.95 Å². The molecule has 0 spiro atoms. The van der Waals surface area contributed by atoms with Crippen molar-refractivity contribution in [3.05, 3.63) is 55.7 Å². The van der Waals surface area contributed by atoms with Crippen LogP contribution in [0.15, 0.2) is 39.0 Å². The van der Waals surface area contributed by atoms with Crippen LogP contribution >= 0.6 is 23.4 Å². The van der Waals surface area contributed by atoms with E-state index < -0.39 is 17.0 Å². The molecule has 1 saturated heterocycles. The van der Waals surface area contributed by atoms with Crippen molar-refractivity contribution >= 4 is 40.9 Å². The third kappa shape index (κ3) is 4.55. The number of anilines is 2. The Labute approximate surface area is 198 Å². The number of H-pyrrole nitrogens is 1. The van der Waals surface area contributed by atoms with Gasteiger partial charge >= 0.3 is 5.69 Å². The van der Waals surface area contributed by atoms with Crippen molar-refractivity contribution in [3.63, 3.8) is 0 Å². The molecule has 0 unspecified atom stereocenters. The van der Waals surface area contributed by atoms with E-state index in [4.69, 9.17) is 17.3 Å². The van der Waals surface area contributed by atoms with Crippen molar-refractivity contribution in [2.45, 2.75) is 37.9 Å². The first-order valence-corrected chi connectivity index (χ1v) is 12.0. The number of nitrogens with zero attached hydrogens (tertiary/aromatic N) is 5. The summed E-state index contributed by atoms with van der Waals surface area (Å²) in [5.74, 6) is -0.0776. The van der Waals surface area contributed by atoms with Gasteiger partial charge in [-0.1, -0.05) is 42.4 Å². The molecule has 1 aliphatic rings. The number of nitrogens with two attached hydrogens (primary N) is 1. The molecule has 10 nitrogen and oxygen atoms in total. The molecular weight excluding hydrogens is 466 g/mol. The molecule has 3 heterocycles. The number of nitrogens with one attached hydrogen (secondary N) is 1. The minimum atomic E-state index is -0.791. The number of carbonyl (C=O) groups excluding carboxylic acids is 1. The maximum absolute atomic E-state index is 13.0. The Hall–Kier alpha value is -3.05. The summed E-state index contributed by atoms with van der Waals surface area (Å²) >= 11 is 7.60. The van der Waals surface area contributed by atoms with Crippen molar-refractivity contribution in [1.82, 2.24) is 24.3 Å². The molecule has 1 aliphatic heterocycles. The number of hydrogen-bond acceptors (Lipinski definition) is 8. The number of aromatic amines is 1. The Morgan fingerprint density at radius 1 is 1.21 bits per heavy atom. The summed E-state index contributed by atoms with van der Waals surface area (Å²) < 4.78 is 3.04. The van der Waals surface area contributed by atoms with Gasteiger partial charge in [-0.25, -0.2) is 4.79 Å². The fourth-order valence-corrected chi connectivity index (χ4v) is 4.86. The molecule has 3 N–H and O–H groups in total. The summed E-state index contributed by atoms with van der Waals surface area (Å²) in [4.78, 5) is 41.7. The largest absolute Gasteiger partial charge is 0.384 e. The topological polar surface area (TPSA) is 132 Å². The van der Waals surface area contributed by atoms with Crippen molar-refractivity contribution in [1.29, 1.82) is 0 Å². The average molecular weight is 490 g/mol. The van der Waals surface area contributed by atoms with Crippen LogP contribution in [0.4, 0.5) is 11.8 Å². The van der Waals surface area contributed by atoms with Crippen LogP contribution in [0.1, 0.15) is 36.5 Å². The third-order valence-electron chi connectivity index (χ3n) is 5.40. The third-order valence-corrected chi connectivity index (χ3v) is 6.65.